The lowest BCUT2D eigenvalue weighted by atomic mass is 9.79. The van der Waals surface area contributed by atoms with Crippen molar-refractivity contribution in [2.75, 3.05) is 0 Å². The zero-order valence-electron chi connectivity index (χ0n) is 13.8. The highest BCUT2D eigenvalue weighted by Crippen LogP contribution is 2.30. The summed E-state index contributed by atoms with van der Waals surface area (Å²) in [6, 6.07) is 7.60. The van der Waals surface area contributed by atoms with E-state index >= 15 is 0 Å². The maximum absolute atomic E-state index is 12.3. The molecule has 1 aliphatic carbocycles. The highest BCUT2D eigenvalue weighted by atomic mass is 35.5. The molecule has 2 rings (SSSR count). The second kappa shape index (κ2) is 8.54. The van der Waals surface area contributed by atoms with Crippen LogP contribution in [0, 0.1) is 18.8 Å². The molecule has 3 atom stereocenters. The molecule has 1 aliphatic rings. The lowest BCUT2D eigenvalue weighted by molar-refractivity contribution is -0.123. The number of nitrogens with one attached hydrogen (secondary N) is 1. The SMILES string of the molecule is Cc1ccc(C(N)C(=O)NC2CCCC(C(C)C)C2)cc1.Cl. The molecule has 3 N–H and O–H groups in total. The van der Waals surface area contributed by atoms with Gasteiger partial charge in [0.1, 0.15) is 6.04 Å². The standard InChI is InChI=1S/C18H28N2O.ClH/c1-12(2)15-5-4-6-16(11-15)20-18(21)17(19)14-9-7-13(3)8-10-14;/h7-10,12,15-17H,4-6,11,19H2,1-3H3,(H,20,21);1H. The molecule has 1 amide bonds. The molecule has 3 nitrogen and oxygen atoms in total. The van der Waals surface area contributed by atoms with Gasteiger partial charge >= 0.3 is 0 Å². The Morgan fingerprint density at radius 1 is 1.23 bits per heavy atom. The number of benzene rings is 1. The number of nitrogens with two attached hydrogens (primary N) is 1. The Bertz CT molecular complexity index is 472. The van der Waals surface area contributed by atoms with E-state index in [1.165, 1.54) is 18.4 Å². The van der Waals surface area contributed by atoms with Gasteiger partial charge in [-0.25, -0.2) is 0 Å². The molecule has 1 aromatic rings. The molecular formula is C18H29ClN2O. The Labute approximate surface area is 140 Å². The van der Waals surface area contributed by atoms with Crippen LogP contribution < -0.4 is 11.1 Å². The van der Waals surface area contributed by atoms with E-state index < -0.39 is 6.04 Å². The van der Waals surface area contributed by atoms with Gasteiger partial charge in [-0.15, -0.1) is 12.4 Å². The molecule has 1 fully saturated rings. The van der Waals surface area contributed by atoms with Gasteiger partial charge in [0.15, 0.2) is 0 Å². The molecule has 1 aromatic carbocycles. The van der Waals surface area contributed by atoms with Crippen molar-refractivity contribution >= 4 is 18.3 Å². The molecule has 0 heterocycles. The highest BCUT2D eigenvalue weighted by Gasteiger charge is 2.26. The Morgan fingerprint density at radius 2 is 1.86 bits per heavy atom. The summed E-state index contributed by atoms with van der Waals surface area (Å²) in [4.78, 5) is 12.3. The quantitative estimate of drug-likeness (QED) is 0.886. The summed E-state index contributed by atoms with van der Waals surface area (Å²) in [5.41, 5.74) is 8.15. The lowest BCUT2D eigenvalue weighted by Crippen LogP contribution is -2.43. The molecule has 4 heteroatoms. The zero-order chi connectivity index (χ0) is 15.4. The van der Waals surface area contributed by atoms with Crippen molar-refractivity contribution < 1.29 is 4.79 Å². The van der Waals surface area contributed by atoms with Gasteiger partial charge in [-0.2, -0.15) is 0 Å². The molecule has 124 valence electrons. The molecule has 22 heavy (non-hydrogen) atoms. The highest BCUT2D eigenvalue weighted by molar-refractivity contribution is 5.85. The fraction of sp³-hybridized carbons (Fsp3) is 0.611. The van der Waals surface area contributed by atoms with Gasteiger partial charge in [-0.3, -0.25) is 4.79 Å². The normalized spacial score (nSPS) is 22.8. The molecule has 3 unspecified atom stereocenters. The van der Waals surface area contributed by atoms with E-state index in [1.807, 2.05) is 31.2 Å². The number of hydrogen-bond acceptors (Lipinski definition) is 2. The first-order valence-electron chi connectivity index (χ1n) is 8.10. The molecule has 0 saturated heterocycles. The van der Waals surface area contributed by atoms with E-state index in [-0.39, 0.29) is 24.4 Å². The third kappa shape index (κ3) is 4.99. The van der Waals surface area contributed by atoms with Crippen LogP contribution in [0.2, 0.25) is 0 Å². The fourth-order valence-corrected chi connectivity index (χ4v) is 3.18. The maximum atomic E-state index is 12.3. The third-order valence-corrected chi connectivity index (χ3v) is 4.72. The number of rotatable bonds is 4. The second-order valence-corrected chi connectivity index (χ2v) is 6.76. The van der Waals surface area contributed by atoms with Crippen molar-refractivity contribution in [2.45, 2.75) is 58.5 Å². The molecular weight excluding hydrogens is 296 g/mol. The Kier molecular flexibility index (Phi) is 7.37. The summed E-state index contributed by atoms with van der Waals surface area (Å²) in [6.07, 6.45) is 4.65. The van der Waals surface area contributed by atoms with Crippen LogP contribution in [0.15, 0.2) is 24.3 Å². The van der Waals surface area contributed by atoms with Crippen LogP contribution in [0.3, 0.4) is 0 Å². The van der Waals surface area contributed by atoms with Crippen molar-refractivity contribution in [1.82, 2.24) is 5.32 Å². The van der Waals surface area contributed by atoms with Crippen LogP contribution >= 0.6 is 12.4 Å². The Balaban J connectivity index is 0.00000242. The third-order valence-electron chi connectivity index (χ3n) is 4.72. The minimum atomic E-state index is -0.565. The van der Waals surface area contributed by atoms with Gasteiger partial charge in [-0.1, -0.05) is 56.5 Å². The summed E-state index contributed by atoms with van der Waals surface area (Å²) in [5.74, 6) is 1.36. The van der Waals surface area contributed by atoms with E-state index in [0.29, 0.717) is 5.92 Å². The second-order valence-electron chi connectivity index (χ2n) is 6.76. The van der Waals surface area contributed by atoms with Crippen LogP contribution in [0.5, 0.6) is 0 Å². The summed E-state index contributed by atoms with van der Waals surface area (Å²) < 4.78 is 0. The van der Waals surface area contributed by atoms with E-state index in [0.717, 1.165) is 24.3 Å². The van der Waals surface area contributed by atoms with E-state index in [9.17, 15) is 4.79 Å². The van der Waals surface area contributed by atoms with Gasteiger partial charge in [-0.05, 0) is 37.2 Å². The van der Waals surface area contributed by atoms with Crippen molar-refractivity contribution in [1.29, 1.82) is 0 Å². The molecule has 1 saturated carbocycles. The van der Waals surface area contributed by atoms with E-state index in [2.05, 4.69) is 19.2 Å². The van der Waals surface area contributed by atoms with Crippen LogP contribution in [-0.2, 0) is 4.79 Å². The van der Waals surface area contributed by atoms with Crippen molar-refractivity contribution in [3.05, 3.63) is 35.4 Å². The van der Waals surface area contributed by atoms with Gasteiger partial charge < -0.3 is 11.1 Å². The molecule has 0 aliphatic heterocycles. The average molecular weight is 325 g/mol. The first kappa shape index (κ1) is 19.0. The predicted octanol–water partition coefficient (Wildman–Crippen LogP) is 3.75. The van der Waals surface area contributed by atoms with E-state index in [4.69, 9.17) is 5.73 Å². The van der Waals surface area contributed by atoms with Crippen LogP contribution in [0.4, 0.5) is 0 Å². The average Bonchev–Trinajstić information content (AvgIpc) is 2.47. The molecule has 0 bridgehead atoms. The number of halogens is 1. The minimum absolute atomic E-state index is 0. The first-order chi connectivity index (χ1) is 9.97. The van der Waals surface area contributed by atoms with Gasteiger partial charge in [0, 0.05) is 6.04 Å². The number of aryl methyl sites for hydroxylation is 1. The monoisotopic (exact) mass is 324 g/mol. The van der Waals surface area contributed by atoms with Gasteiger partial charge in [0.25, 0.3) is 0 Å². The first-order valence-corrected chi connectivity index (χ1v) is 8.10. The number of amides is 1. The van der Waals surface area contributed by atoms with Crippen molar-refractivity contribution in [3.8, 4) is 0 Å². The number of hydrogen-bond donors (Lipinski definition) is 2. The van der Waals surface area contributed by atoms with Crippen LogP contribution in [0.25, 0.3) is 0 Å². The smallest absolute Gasteiger partial charge is 0.241 e. The van der Waals surface area contributed by atoms with Gasteiger partial charge in [0.2, 0.25) is 5.91 Å². The fourth-order valence-electron chi connectivity index (χ4n) is 3.18. The minimum Gasteiger partial charge on any atom is -0.352 e. The lowest BCUT2D eigenvalue weighted by Gasteiger charge is -2.32. The summed E-state index contributed by atoms with van der Waals surface area (Å²) in [7, 11) is 0. The largest absolute Gasteiger partial charge is 0.352 e. The summed E-state index contributed by atoms with van der Waals surface area (Å²) >= 11 is 0. The Morgan fingerprint density at radius 3 is 2.45 bits per heavy atom. The van der Waals surface area contributed by atoms with E-state index in [1.54, 1.807) is 0 Å². The summed E-state index contributed by atoms with van der Waals surface area (Å²) in [6.45, 7) is 6.57. The molecule has 0 radical (unpaired) electrons. The number of carbonyl (C=O) groups excluding carboxylic acids is 1. The topological polar surface area (TPSA) is 55.1 Å². The van der Waals surface area contributed by atoms with Crippen LogP contribution in [-0.4, -0.2) is 11.9 Å². The van der Waals surface area contributed by atoms with Crippen molar-refractivity contribution in [2.24, 2.45) is 17.6 Å². The zero-order valence-corrected chi connectivity index (χ0v) is 14.7. The van der Waals surface area contributed by atoms with Gasteiger partial charge in [0.05, 0.1) is 0 Å². The number of carbonyl (C=O) groups is 1. The predicted molar refractivity (Wildman–Crippen MR) is 94.1 cm³/mol. The maximum Gasteiger partial charge on any atom is 0.241 e. The van der Waals surface area contributed by atoms with Crippen molar-refractivity contribution in [3.63, 3.8) is 0 Å². The molecule has 0 aromatic heterocycles. The Hall–Kier alpha value is -1.06. The van der Waals surface area contributed by atoms with Crippen LogP contribution in [0.1, 0.15) is 56.7 Å². The molecule has 0 spiro atoms. The summed E-state index contributed by atoms with van der Waals surface area (Å²) in [5, 5.41) is 3.15.